The van der Waals surface area contributed by atoms with Crippen molar-refractivity contribution < 1.29 is 9.53 Å². The molecule has 0 atom stereocenters. The molecule has 1 amide bonds. The quantitative estimate of drug-likeness (QED) is 0.656. The topological polar surface area (TPSA) is 64.1 Å². The highest BCUT2D eigenvalue weighted by molar-refractivity contribution is 7.99. The van der Waals surface area contributed by atoms with E-state index in [2.05, 4.69) is 15.3 Å². The first-order valence-electron chi connectivity index (χ1n) is 6.53. The summed E-state index contributed by atoms with van der Waals surface area (Å²) in [5, 5.41) is 3.73. The van der Waals surface area contributed by atoms with Crippen molar-refractivity contribution in [2.24, 2.45) is 0 Å². The number of thioether (sulfide) groups is 1. The molecule has 0 aliphatic heterocycles. The summed E-state index contributed by atoms with van der Waals surface area (Å²) in [6.45, 7) is 1.92. The van der Waals surface area contributed by atoms with E-state index in [1.807, 2.05) is 37.3 Å². The summed E-state index contributed by atoms with van der Waals surface area (Å²) < 4.78 is 5.20. The van der Waals surface area contributed by atoms with Crippen LogP contribution >= 0.6 is 11.8 Å². The monoisotopic (exact) mass is 303 g/mol. The Bertz CT molecular complexity index is 619. The number of amides is 1. The van der Waals surface area contributed by atoms with Crippen molar-refractivity contribution in [1.82, 2.24) is 9.97 Å². The molecule has 21 heavy (non-hydrogen) atoms. The molecule has 2 aromatic rings. The predicted octanol–water partition coefficient (Wildman–Crippen LogP) is 2.91. The number of anilines is 1. The van der Waals surface area contributed by atoms with Crippen LogP contribution in [0.25, 0.3) is 0 Å². The minimum absolute atomic E-state index is 0.0437. The van der Waals surface area contributed by atoms with Crippen LogP contribution in [0.3, 0.4) is 0 Å². The summed E-state index contributed by atoms with van der Waals surface area (Å²) in [4.78, 5) is 20.1. The van der Waals surface area contributed by atoms with Crippen molar-refractivity contribution in [3.63, 3.8) is 0 Å². The lowest BCUT2D eigenvalue weighted by Gasteiger charge is -2.09. The maximum absolute atomic E-state index is 11.9. The van der Waals surface area contributed by atoms with Crippen LogP contribution in [0.1, 0.15) is 12.1 Å². The zero-order valence-electron chi connectivity index (χ0n) is 12.0. The van der Waals surface area contributed by atoms with E-state index < -0.39 is 0 Å². The molecule has 0 aliphatic rings. The van der Waals surface area contributed by atoms with Crippen LogP contribution in [0.5, 0.6) is 5.75 Å². The van der Waals surface area contributed by atoms with Gasteiger partial charge in [-0.3, -0.25) is 4.79 Å². The first kappa shape index (κ1) is 15.3. The Morgan fingerprint density at radius 3 is 2.90 bits per heavy atom. The number of aryl methyl sites for hydroxylation is 1. The smallest absolute Gasteiger partial charge is 0.225 e. The number of hydrogen-bond donors (Lipinski definition) is 1. The molecule has 1 heterocycles. The number of nitrogens with zero attached hydrogens (tertiary/aromatic N) is 2. The predicted molar refractivity (Wildman–Crippen MR) is 83.7 cm³/mol. The first-order chi connectivity index (χ1) is 10.2. The average molecular weight is 303 g/mol. The second kappa shape index (κ2) is 7.64. The summed E-state index contributed by atoms with van der Waals surface area (Å²) in [5.41, 5.74) is 1.61. The lowest BCUT2D eigenvalue weighted by Crippen LogP contribution is -2.12. The van der Waals surface area contributed by atoms with Gasteiger partial charge in [-0.15, -0.1) is 11.8 Å². The number of carbonyl (C=O) groups excluding carboxylic acids is 1. The van der Waals surface area contributed by atoms with Crippen molar-refractivity contribution in [3.8, 4) is 5.75 Å². The zero-order valence-corrected chi connectivity index (χ0v) is 12.8. The number of para-hydroxylation sites is 2. The van der Waals surface area contributed by atoms with Crippen LogP contribution in [0.15, 0.2) is 41.7 Å². The van der Waals surface area contributed by atoms with Crippen molar-refractivity contribution in [1.29, 1.82) is 0 Å². The van der Waals surface area contributed by atoms with Crippen LogP contribution in [-0.4, -0.2) is 28.7 Å². The molecule has 0 spiro atoms. The van der Waals surface area contributed by atoms with Crippen LogP contribution in [-0.2, 0) is 4.79 Å². The van der Waals surface area contributed by atoms with Gasteiger partial charge in [-0.1, -0.05) is 12.1 Å². The molecule has 0 bridgehead atoms. The number of methoxy groups -OCH3 is 1. The molecule has 0 radical (unpaired) electrons. The molecule has 5 nitrogen and oxygen atoms in total. The highest BCUT2D eigenvalue weighted by Crippen LogP contribution is 2.23. The summed E-state index contributed by atoms with van der Waals surface area (Å²) in [6, 6.07) is 9.26. The Morgan fingerprint density at radius 1 is 1.33 bits per heavy atom. The fourth-order valence-electron chi connectivity index (χ4n) is 1.72. The first-order valence-corrected chi connectivity index (χ1v) is 7.52. The Balaban J connectivity index is 1.82. The molecule has 6 heteroatoms. The Morgan fingerprint density at radius 2 is 2.14 bits per heavy atom. The van der Waals surface area contributed by atoms with Crippen LogP contribution in [0.2, 0.25) is 0 Å². The summed E-state index contributed by atoms with van der Waals surface area (Å²) >= 11 is 1.54. The number of ether oxygens (including phenoxy) is 1. The van der Waals surface area contributed by atoms with E-state index in [0.717, 1.165) is 10.7 Å². The summed E-state index contributed by atoms with van der Waals surface area (Å²) in [7, 11) is 1.58. The van der Waals surface area contributed by atoms with Gasteiger partial charge >= 0.3 is 0 Å². The van der Waals surface area contributed by atoms with E-state index in [-0.39, 0.29) is 5.91 Å². The van der Waals surface area contributed by atoms with E-state index in [1.54, 1.807) is 18.9 Å². The standard InChI is InChI=1S/C15H17N3O2S/c1-11-9-15(17-10-16-11)21-8-7-14(19)18-12-5-3-4-6-13(12)20-2/h3-6,9-10H,7-8H2,1-2H3,(H,18,19). The fourth-order valence-corrected chi connectivity index (χ4v) is 2.59. The van der Waals surface area contributed by atoms with E-state index in [0.29, 0.717) is 23.6 Å². The van der Waals surface area contributed by atoms with Crippen molar-refractivity contribution in [2.75, 3.05) is 18.2 Å². The van der Waals surface area contributed by atoms with Gasteiger partial charge in [0.25, 0.3) is 0 Å². The molecule has 2 rings (SSSR count). The molecule has 0 aliphatic carbocycles. The number of rotatable bonds is 6. The molecule has 0 saturated carbocycles. The minimum atomic E-state index is -0.0437. The third-order valence-corrected chi connectivity index (χ3v) is 3.67. The summed E-state index contributed by atoms with van der Waals surface area (Å²) in [5.74, 6) is 1.28. The number of benzene rings is 1. The molecular formula is C15H17N3O2S. The van der Waals surface area contributed by atoms with Crippen molar-refractivity contribution in [2.45, 2.75) is 18.4 Å². The van der Waals surface area contributed by atoms with Gasteiger partial charge < -0.3 is 10.1 Å². The van der Waals surface area contributed by atoms with E-state index >= 15 is 0 Å². The molecular weight excluding hydrogens is 286 g/mol. The number of carbonyl (C=O) groups is 1. The second-order valence-corrected chi connectivity index (χ2v) is 5.46. The van der Waals surface area contributed by atoms with Gasteiger partial charge in [-0.05, 0) is 25.1 Å². The molecule has 110 valence electrons. The lowest BCUT2D eigenvalue weighted by atomic mass is 10.3. The minimum Gasteiger partial charge on any atom is -0.495 e. The molecule has 1 aromatic heterocycles. The van der Waals surface area contributed by atoms with E-state index in [9.17, 15) is 4.79 Å². The number of nitrogens with one attached hydrogen (secondary N) is 1. The Kier molecular flexibility index (Phi) is 5.57. The third-order valence-electron chi connectivity index (χ3n) is 2.74. The normalized spacial score (nSPS) is 10.2. The van der Waals surface area contributed by atoms with Crippen LogP contribution in [0, 0.1) is 6.92 Å². The Hall–Kier alpha value is -2.08. The maximum atomic E-state index is 11.9. The number of aromatic nitrogens is 2. The largest absolute Gasteiger partial charge is 0.495 e. The highest BCUT2D eigenvalue weighted by Gasteiger charge is 2.07. The molecule has 1 N–H and O–H groups in total. The SMILES string of the molecule is COc1ccccc1NC(=O)CCSc1cc(C)ncn1. The van der Waals surface area contributed by atoms with Crippen molar-refractivity contribution >= 4 is 23.4 Å². The van der Waals surface area contributed by atoms with E-state index in [4.69, 9.17) is 4.74 Å². The average Bonchev–Trinajstić information content (AvgIpc) is 2.48. The van der Waals surface area contributed by atoms with Crippen LogP contribution < -0.4 is 10.1 Å². The van der Waals surface area contributed by atoms with Crippen LogP contribution in [0.4, 0.5) is 5.69 Å². The molecule has 1 aromatic carbocycles. The summed E-state index contributed by atoms with van der Waals surface area (Å²) in [6.07, 6.45) is 1.94. The van der Waals surface area contributed by atoms with Gasteiger partial charge in [0.05, 0.1) is 17.8 Å². The molecule has 0 unspecified atom stereocenters. The molecule has 0 saturated heterocycles. The van der Waals surface area contributed by atoms with Gasteiger partial charge in [0.15, 0.2) is 0 Å². The zero-order chi connectivity index (χ0) is 15.1. The highest BCUT2D eigenvalue weighted by atomic mass is 32.2. The second-order valence-electron chi connectivity index (χ2n) is 4.34. The van der Waals surface area contributed by atoms with Gasteiger partial charge in [0.1, 0.15) is 12.1 Å². The fraction of sp³-hybridized carbons (Fsp3) is 0.267. The van der Waals surface area contributed by atoms with Crippen molar-refractivity contribution in [3.05, 3.63) is 42.4 Å². The third kappa shape index (κ3) is 4.75. The lowest BCUT2D eigenvalue weighted by molar-refractivity contribution is -0.115. The maximum Gasteiger partial charge on any atom is 0.225 e. The van der Waals surface area contributed by atoms with Gasteiger partial charge in [-0.2, -0.15) is 0 Å². The number of hydrogen-bond acceptors (Lipinski definition) is 5. The van der Waals surface area contributed by atoms with Gasteiger partial charge in [-0.25, -0.2) is 9.97 Å². The van der Waals surface area contributed by atoms with E-state index in [1.165, 1.54) is 6.33 Å². The van der Waals surface area contributed by atoms with Gasteiger partial charge in [0, 0.05) is 17.9 Å². The van der Waals surface area contributed by atoms with Gasteiger partial charge in [0.2, 0.25) is 5.91 Å². The Labute approximate surface area is 128 Å². The molecule has 0 fully saturated rings.